The van der Waals surface area contributed by atoms with E-state index in [1.807, 2.05) is 12.1 Å². The van der Waals surface area contributed by atoms with Crippen molar-refractivity contribution in [2.75, 3.05) is 6.61 Å². The molecule has 0 aliphatic rings. The molecule has 3 heteroatoms. The second-order valence-corrected chi connectivity index (χ2v) is 6.87. The summed E-state index contributed by atoms with van der Waals surface area (Å²) in [6.07, 6.45) is 0. The summed E-state index contributed by atoms with van der Waals surface area (Å²) in [5.41, 5.74) is 2.16. The van der Waals surface area contributed by atoms with E-state index in [4.69, 9.17) is 4.74 Å². The SMILES string of the molecule is CC(C)(C)c1ccc(OCC(=O)[O-])c(C(C)(C)C)c1. The van der Waals surface area contributed by atoms with E-state index in [0.29, 0.717) is 5.75 Å². The summed E-state index contributed by atoms with van der Waals surface area (Å²) in [5, 5.41) is 10.5. The Morgan fingerprint density at radius 3 is 2.11 bits per heavy atom. The van der Waals surface area contributed by atoms with Crippen molar-refractivity contribution in [3.8, 4) is 5.75 Å². The quantitative estimate of drug-likeness (QED) is 0.841. The molecular formula is C16H23O3-. The molecule has 0 aliphatic carbocycles. The van der Waals surface area contributed by atoms with Crippen LogP contribution >= 0.6 is 0 Å². The first-order valence-electron chi connectivity index (χ1n) is 6.49. The van der Waals surface area contributed by atoms with E-state index < -0.39 is 12.6 Å². The molecule has 19 heavy (non-hydrogen) atoms. The maximum atomic E-state index is 10.5. The third kappa shape index (κ3) is 4.27. The molecule has 0 unspecified atom stereocenters. The molecule has 0 bridgehead atoms. The molecule has 0 radical (unpaired) electrons. The largest absolute Gasteiger partial charge is 0.546 e. The van der Waals surface area contributed by atoms with Crippen molar-refractivity contribution in [1.82, 2.24) is 0 Å². The summed E-state index contributed by atoms with van der Waals surface area (Å²) >= 11 is 0. The van der Waals surface area contributed by atoms with Gasteiger partial charge in [-0.05, 0) is 28.0 Å². The van der Waals surface area contributed by atoms with E-state index in [1.54, 1.807) is 0 Å². The average molecular weight is 263 g/mol. The van der Waals surface area contributed by atoms with Crippen molar-refractivity contribution in [2.45, 2.75) is 52.4 Å². The van der Waals surface area contributed by atoms with Crippen LogP contribution in [-0.2, 0) is 15.6 Å². The lowest BCUT2D eigenvalue weighted by molar-refractivity contribution is -0.307. The third-order valence-electron chi connectivity index (χ3n) is 3.00. The smallest absolute Gasteiger partial charge is 0.128 e. The standard InChI is InChI=1S/C16H24O3/c1-15(2,3)11-7-8-13(19-10-14(17)18)12(9-11)16(4,5)6/h7-9H,10H2,1-6H3,(H,17,18)/p-1. The Labute approximate surface area is 115 Å². The van der Waals surface area contributed by atoms with Crippen LogP contribution in [0.2, 0.25) is 0 Å². The highest BCUT2D eigenvalue weighted by atomic mass is 16.5. The summed E-state index contributed by atoms with van der Waals surface area (Å²) in [4.78, 5) is 10.5. The Kier molecular flexibility index (Phi) is 4.28. The molecule has 106 valence electrons. The maximum Gasteiger partial charge on any atom is 0.128 e. The van der Waals surface area contributed by atoms with Crippen molar-refractivity contribution < 1.29 is 14.6 Å². The zero-order valence-corrected chi connectivity index (χ0v) is 12.7. The summed E-state index contributed by atoms with van der Waals surface area (Å²) in [6, 6.07) is 5.94. The van der Waals surface area contributed by atoms with Gasteiger partial charge in [-0.25, -0.2) is 0 Å². The van der Waals surface area contributed by atoms with Crippen molar-refractivity contribution >= 4 is 5.97 Å². The predicted octanol–water partition coefficient (Wildman–Crippen LogP) is 2.41. The zero-order valence-electron chi connectivity index (χ0n) is 12.7. The molecule has 0 fully saturated rings. The zero-order chi connectivity index (χ0) is 14.8. The van der Waals surface area contributed by atoms with Crippen molar-refractivity contribution in [3.05, 3.63) is 29.3 Å². The fourth-order valence-electron chi connectivity index (χ4n) is 1.85. The molecule has 0 saturated carbocycles. The number of hydrogen-bond acceptors (Lipinski definition) is 3. The van der Waals surface area contributed by atoms with Gasteiger partial charge in [-0.15, -0.1) is 0 Å². The normalized spacial score (nSPS) is 12.3. The van der Waals surface area contributed by atoms with E-state index in [1.165, 1.54) is 5.56 Å². The number of carboxylic acid groups (broad SMARTS) is 1. The highest BCUT2D eigenvalue weighted by Crippen LogP contribution is 2.35. The summed E-state index contributed by atoms with van der Waals surface area (Å²) in [7, 11) is 0. The molecular weight excluding hydrogens is 240 g/mol. The van der Waals surface area contributed by atoms with Gasteiger partial charge in [0.2, 0.25) is 0 Å². The predicted molar refractivity (Wildman–Crippen MR) is 74.3 cm³/mol. The van der Waals surface area contributed by atoms with Gasteiger partial charge in [0.1, 0.15) is 12.4 Å². The average Bonchev–Trinajstić information content (AvgIpc) is 2.23. The molecule has 0 saturated heterocycles. The van der Waals surface area contributed by atoms with Crippen LogP contribution in [0.4, 0.5) is 0 Å². The van der Waals surface area contributed by atoms with Crippen LogP contribution in [0.3, 0.4) is 0 Å². The van der Waals surface area contributed by atoms with Gasteiger partial charge in [0.05, 0.1) is 5.97 Å². The number of ether oxygens (including phenoxy) is 1. The molecule has 1 aromatic rings. The number of carbonyl (C=O) groups excluding carboxylic acids is 1. The van der Waals surface area contributed by atoms with Gasteiger partial charge in [0, 0.05) is 0 Å². The van der Waals surface area contributed by atoms with Crippen LogP contribution in [0.25, 0.3) is 0 Å². The van der Waals surface area contributed by atoms with Gasteiger partial charge >= 0.3 is 0 Å². The fraction of sp³-hybridized carbons (Fsp3) is 0.562. The highest BCUT2D eigenvalue weighted by molar-refractivity contribution is 5.66. The first-order valence-corrected chi connectivity index (χ1v) is 6.49. The van der Waals surface area contributed by atoms with E-state index in [0.717, 1.165) is 5.56 Å². The van der Waals surface area contributed by atoms with Crippen LogP contribution < -0.4 is 9.84 Å². The van der Waals surface area contributed by atoms with E-state index in [2.05, 4.69) is 47.6 Å². The Hall–Kier alpha value is -1.51. The Balaban J connectivity index is 3.22. The van der Waals surface area contributed by atoms with Gasteiger partial charge in [-0.3, -0.25) is 0 Å². The lowest BCUT2D eigenvalue weighted by Crippen LogP contribution is -2.29. The first-order chi connectivity index (χ1) is 8.51. The molecule has 0 aromatic heterocycles. The lowest BCUT2D eigenvalue weighted by atomic mass is 9.80. The molecule has 3 nitrogen and oxygen atoms in total. The number of benzene rings is 1. The van der Waals surface area contributed by atoms with Crippen LogP contribution in [0.5, 0.6) is 5.75 Å². The molecule has 0 amide bonds. The first kappa shape index (κ1) is 15.5. The minimum Gasteiger partial charge on any atom is -0.546 e. The van der Waals surface area contributed by atoms with Crippen molar-refractivity contribution in [3.63, 3.8) is 0 Å². The Morgan fingerprint density at radius 2 is 1.68 bits per heavy atom. The fourth-order valence-corrected chi connectivity index (χ4v) is 1.85. The van der Waals surface area contributed by atoms with E-state index in [9.17, 15) is 9.90 Å². The van der Waals surface area contributed by atoms with E-state index in [-0.39, 0.29) is 10.8 Å². The second kappa shape index (κ2) is 5.24. The van der Waals surface area contributed by atoms with Crippen LogP contribution in [-0.4, -0.2) is 12.6 Å². The van der Waals surface area contributed by atoms with Gasteiger partial charge < -0.3 is 14.6 Å². The van der Waals surface area contributed by atoms with Gasteiger partial charge in [0.25, 0.3) is 0 Å². The summed E-state index contributed by atoms with van der Waals surface area (Å²) in [6.45, 7) is 12.3. The Morgan fingerprint density at radius 1 is 1.11 bits per heavy atom. The van der Waals surface area contributed by atoms with Gasteiger partial charge in [0.15, 0.2) is 0 Å². The topological polar surface area (TPSA) is 49.4 Å². The second-order valence-electron chi connectivity index (χ2n) is 6.87. The highest BCUT2D eigenvalue weighted by Gasteiger charge is 2.22. The van der Waals surface area contributed by atoms with Crippen LogP contribution in [0.15, 0.2) is 18.2 Å². The van der Waals surface area contributed by atoms with Crippen molar-refractivity contribution in [1.29, 1.82) is 0 Å². The number of carbonyl (C=O) groups is 1. The minimum absolute atomic E-state index is 0.0485. The number of hydrogen-bond donors (Lipinski definition) is 0. The van der Waals surface area contributed by atoms with Crippen LogP contribution in [0.1, 0.15) is 52.7 Å². The van der Waals surface area contributed by atoms with E-state index >= 15 is 0 Å². The lowest BCUT2D eigenvalue weighted by Gasteiger charge is -2.27. The number of rotatable bonds is 3. The molecule has 0 spiro atoms. The van der Waals surface area contributed by atoms with Gasteiger partial charge in [-0.2, -0.15) is 0 Å². The number of carboxylic acids is 1. The third-order valence-corrected chi connectivity index (χ3v) is 3.00. The van der Waals surface area contributed by atoms with Gasteiger partial charge in [-0.1, -0.05) is 53.7 Å². The van der Waals surface area contributed by atoms with Crippen LogP contribution in [0, 0.1) is 0 Å². The number of aliphatic carboxylic acids is 1. The molecule has 0 atom stereocenters. The molecule has 0 heterocycles. The molecule has 1 aromatic carbocycles. The maximum absolute atomic E-state index is 10.5. The van der Waals surface area contributed by atoms with Crippen molar-refractivity contribution in [2.24, 2.45) is 0 Å². The minimum atomic E-state index is -1.21. The summed E-state index contributed by atoms with van der Waals surface area (Å²) < 4.78 is 5.33. The Bertz CT molecular complexity index is 462. The molecule has 0 aliphatic heterocycles. The summed E-state index contributed by atoms with van der Waals surface area (Å²) in [5.74, 6) is -0.593. The monoisotopic (exact) mass is 263 g/mol. The molecule has 1 rings (SSSR count). The molecule has 0 N–H and O–H groups in total.